The fourth-order valence-corrected chi connectivity index (χ4v) is 4.09. The first kappa shape index (κ1) is 18.3. The lowest BCUT2D eigenvalue weighted by Crippen LogP contribution is -2.42. The van der Waals surface area contributed by atoms with Gasteiger partial charge in [0.1, 0.15) is 0 Å². The Kier molecular flexibility index (Phi) is 6.06. The third-order valence-corrected chi connectivity index (χ3v) is 6.16. The molecule has 8 heteroatoms. The Labute approximate surface area is 149 Å². The van der Waals surface area contributed by atoms with E-state index in [2.05, 4.69) is 20.5 Å². The summed E-state index contributed by atoms with van der Waals surface area (Å²) in [6.45, 7) is 2.50. The van der Waals surface area contributed by atoms with Crippen LogP contribution in [0.2, 0.25) is 0 Å². The summed E-state index contributed by atoms with van der Waals surface area (Å²) < 4.78 is 26.1. The monoisotopic (exact) mass is 366 g/mol. The fraction of sp³-hybridized carbons (Fsp3) is 0.588. The number of sulfonamides is 1. The maximum Gasteiger partial charge on any atom is 0.243 e. The molecule has 1 aliphatic heterocycles. The molecule has 0 radical (unpaired) electrons. The van der Waals surface area contributed by atoms with Crippen molar-refractivity contribution >= 4 is 15.9 Å². The van der Waals surface area contributed by atoms with Crippen molar-refractivity contribution in [2.75, 3.05) is 12.3 Å². The van der Waals surface area contributed by atoms with Crippen LogP contribution >= 0.6 is 0 Å². The van der Waals surface area contributed by atoms with Crippen molar-refractivity contribution in [3.8, 4) is 0 Å². The molecule has 3 rings (SSSR count). The van der Waals surface area contributed by atoms with E-state index >= 15 is 0 Å². The van der Waals surface area contributed by atoms with Crippen LogP contribution in [0.15, 0.2) is 35.3 Å². The maximum absolute atomic E-state index is 11.6. The number of rotatable bonds is 7. The Morgan fingerprint density at radius 3 is 2.60 bits per heavy atom. The Morgan fingerprint density at radius 2 is 1.92 bits per heavy atom. The second-order valence-electron chi connectivity index (χ2n) is 6.57. The Bertz CT molecular complexity index is 685. The van der Waals surface area contributed by atoms with Crippen LogP contribution in [-0.4, -0.2) is 38.9 Å². The molecule has 1 fully saturated rings. The predicted octanol–water partition coefficient (Wildman–Crippen LogP) is 1.34. The van der Waals surface area contributed by atoms with Crippen molar-refractivity contribution in [3.63, 3.8) is 0 Å². The van der Waals surface area contributed by atoms with E-state index in [4.69, 9.17) is 4.84 Å². The molecular weight excluding hydrogens is 340 g/mol. The Hall–Kier alpha value is -1.48. The van der Waals surface area contributed by atoms with E-state index in [-0.39, 0.29) is 18.1 Å². The highest BCUT2D eigenvalue weighted by Gasteiger charge is 2.25. The van der Waals surface area contributed by atoms with Crippen LogP contribution in [-0.2, 0) is 14.9 Å². The molecule has 25 heavy (non-hydrogen) atoms. The van der Waals surface area contributed by atoms with Crippen molar-refractivity contribution in [2.24, 2.45) is 10.9 Å². The van der Waals surface area contributed by atoms with Gasteiger partial charge in [0.2, 0.25) is 15.9 Å². The van der Waals surface area contributed by atoms with Crippen molar-refractivity contribution in [2.45, 2.75) is 44.9 Å². The second kappa shape index (κ2) is 8.27. The molecular formula is C17H26N4O3S. The Balaban J connectivity index is 1.41. The summed E-state index contributed by atoms with van der Waals surface area (Å²) in [5, 5.41) is 3.36. The van der Waals surface area contributed by atoms with Gasteiger partial charge in [-0.15, -0.1) is 5.48 Å². The van der Waals surface area contributed by atoms with Gasteiger partial charge >= 0.3 is 0 Å². The number of nitrogens with zero attached hydrogens (tertiary/aromatic N) is 1. The molecule has 0 aromatic heterocycles. The van der Waals surface area contributed by atoms with E-state index < -0.39 is 10.0 Å². The number of benzene rings is 1. The minimum absolute atomic E-state index is 0.0804. The van der Waals surface area contributed by atoms with E-state index in [0.717, 1.165) is 37.8 Å². The molecule has 0 amide bonds. The van der Waals surface area contributed by atoms with Crippen LogP contribution in [0.1, 0.15) is 38.2 Å². The molecule has 1 aromatic carbocycles. The molecule has 7 nitrogen and oxygen atoms in total. The van der Waals surface area contributed by atoms with Gasteiger partial charge in [0.25, 0.3) is 0 Å². The summed E-state index contributed by atoms with van der Waals surface area (Å²) in [5.74, 6) is 1.26. The summed E-state index contributed by atoms with van der Waals surface area (Å²) in [4.78, 5) is 9.93. The first-order chi connectivity index (χ1) is 12.1. The van der Waals surface area contributed by atoms with E-state index in [1.54, 1.807) is 6.92 Å². The van der Waals surface area contributed by atoms with Crippen molar-refractivity contribution in [1.29, 1.82) is 0 Å². The maximum atomic E-state index is 11.6. The van der Waals surface area contributed by atoms with Gasteiger partial charge in [-0.05, 0) is 50.7 Å². The van der Waals surface area contributed by atoms with Gasteiger partial charge < -0.3 is 4.84 Å². The van der Waals surface area contributed by atoms with Crippen molar-refractivity contribution in [1.82, 2.24) is 15.5 Å². The molecule has 1 heterocycles. The van der Waals surface area contributed by atoms with Gasteiger partial charge in [0.05, 0.1) is 5.75 Å². The van der Waals surface area contributed by atoms with Crippen LogP contribution < -0.4 is 15.5 Å². The van der Waals surface area contributed by atoms with E-state index in [9.17, 15) is 8.42 Å². The first-order valence-electron chi connectivity index (χ1n) is 8.84. The third-order valence-electron chi connectivity index (χ3n) is 4.71. The van der Waals surface area contributed by atoms with Crippen LogP contribution in [0.5, 0.6) is 0 Å². The lowest BCUT2D eigenvalue weighted by Gasteiger charge is -2.29. The molecule has 2 aliphatic rings. The number of hydroxylamine groups is 1. The molecule has 1 saturated carbocycles. The fourth-order valence-electron chi connectivity index (χ4n) is 3.18. The summed E-state index contributed by atoms with van der Waals surface area (Å²) in [6, 6.07) is 9.86. The van der Waals surface area contributed by atoms with Gasteiger partial charge in [-0.1, -0.05) is 18.2 Å². The topological polar surface area (TPSA) is 91.8 Å². The smallest absolute Gasteiger partial charge is 0.243 e. The molecule has 1 aliphatic carbocycles. The molecule has 1 aromatic rings. The quantitative estimate of drug-likeness (QED) is 0.677. The highest BCUT2D eigenvalue weighted by Crippen LogP contribution is 2.24. The summed E-state index contributed by atoms with van der Waals surface area (Å²) in [6.07, 6.45) is 3.54. The number of hydrogen-bond acceptors (Lipinski definition) is 6. The predicted molar refractivity (Wildman–Crippen MR) is 97.3 cm³/mol. The largest absolute Gasteiger partial charge is 0.385 e. The molecule has 138 valence electrons. The van der Waals surface area contributed by atoms with E-state index in [1.807, 2.05) is 30.3 Å². The number of hydrogen-bond donors (Lipinski definition) is 3. The number of nitrogens with one attached hydrogen (secondary N) is 3. The minimum atomic E-state index is -3.10. The molecule has 3 N–H and O–H groups in total. The summed E-state index contributed by atoms with van der Waals surface area (Å²) in [7, 11) is -3.10. The molecule has 0 saturated heterocycles. The molecule has 1 atom stereocenters. The zero-order valence-corrected chi connectivity index (χ0v) is 15.3. The summed E-state index contributed by atoms with van der Waals surface area (Å²) in [5.41, 5.74) is 3.83. The van der Waals surface area contributed by atoms with E-state index in [1.165, 1.54) is 0 Å². The lowest BCUT2D eigenvalue weighted by molar-refractivity contribution is 0.158. The van der Waals surface area contributed by atoms with E-state index in [0.29, 0.717) is 11.8 Å². The van der Waals surface area contributed by atoms with Crippen molar-refractivity contribution < 1.29 is 13.3 Å². The van der Waals surface area contributed by atoms with Gasteiger partial charge in [0, 0.05) is 18.2 Å². The third kappa shape index (κ3) is 5.24. The van der Waals surface area contributed by atoms with Crippen LogP contribution in [0.4, 0.5) is 0 Å². The average Bonchev–Trinajstić information content (AvgIpc) is 3.11. The van der Waals surface area contributed by atoms with Gasteiger partial charge in [-0.3, -0.25) is 5.32 Å². The zero-order valence-electron chi connectivity index (χ0n) is 14.4. The normalized spacial score (nSPS) is 26.9. The summed E-state index contributed by atoms with van der Waals surface area (Å²) >= 11 is 0. The van der Waals surface area contributed by atoms with Crippen molar-refractivity contribution in [3.05, 3.63) is 35.9 Å². The van der Waals surface area contributed by atoms with Gasteiger partial charge in [-0.25, -0.2) is 18.1 Å². The van der Waals surface area contributed by atoms with Gasteiger partial charge in [-0.2, -0.15) is 0 Å². The standard InChI is InChI=1S/C17H26N4O3S/c1-2-25(22,23)21-15-10-8-13(9-11-15)12-18-17-19-16(24-20-17)14-6-4-3-5-7-14/h3-7,13,15,17-18,20-21H,2,8-12H2,1H3. The molecule has 0 bridgehead atoms. The molecule has 0 spiro atoms. The zero-order chi connectivity index (χ0) is 17.7. The highest BCUT2D eigenvalue weighted by atomic mass is 32.2. The lowest BCUT2D eigenvalue weighted by atomic mass is 9.86. The SMILES string of the molecule is CCS(=O)(=O)NC1CCC(CNC2N=C(c3ccccc3)ON2)CC1. The van der Waals surface area contributed by atoms with Crippen LogP contribution in [0.3, 0.4) is 0 Å². The Morgan fingerprint density at radius 1 is 1.20 bits per heavy atom. The van der Waals surface area contributed by atoms with Gasteiger partial charge in [0.15, 0.2) is 6.29 Å². The minimum Gasteiger partial charge on any atom is -0.385 e. The average molecular weight is 366 g/mol. The highest BCUT2D eigenvalue weighted by molar-refractivity contribution is 7.89. The molecule has 1 unspecified atom stereocenters. The first-order valence-corrected chi connectivity index (χ1v) is 10.5. The number of aliphatic imine (C=N–C) groups is 1. The second-order valence-corrected chi connectivity index (χ2v) is 8.61. The van der Waals surface area contributed by atoms with Crippen LogP contribution in [0, 0.1) is 5.92 Å². The van der Waals surface area contributed by atoms with Crippen LogP contribution in [0.25, 0.3) is 0 Å².